The van der Waals surface area contributed by atoms with Crippen molar-refractivity contribution in [1.82, 2.24) is 10.2 Å². The van der Waals surface area contributed by atoms with E-state index < -0.39 is 6.04 Å². The Labute approximate surface area is 194 Å². The summed E-state index contributed by atoms with van der Waals surface area (Å²) in [6.07, 6.45) is 0.872. The number of nitrogens with two attached hydrogens (primary N) is 1. The minimum atomic E-state index is -0.485. The second-order valence-electron chi connectivity index (χ2n) is 11.9. The summed E-state index contributed by atoms with van der Waals surface area (Å²) in [5.41, 5.74) is 13.7. The molecule has 1 unspecified atom stereocenters. The van der Waals surface area contributed by atoms with Crippen molar-refractivity contribution in [3.05, 3.63) is 33.4 Å². The quantitative estimate of drug-likeness (QED) is 0.706. The number of rotatable bonds is 6. The molecule has 1 aromatic carbocycles. The highest BCUT2D eigenvalue weighted by atomic mass is 16.2. The molecule has 1 heterocycles. The Balaban J connectivity index is 1.77. The average Bonchev–Trinajstić information content (AvgIpc) is 3.04. The Kier molecular flexibility index (Phi) is 6.31. The van der Waals surface area contributed by atoms with E-state index in [0.717, 1.165) is 6.42 Å². The first-order valence-corrected chi connectivity index (χ1v) is 12.0. The summed E-state index contributed by atoms with van der Waals surface area (Å²) in [5.74, 6) is 0.191. The van der Waals surface area contributed by atoms with Crippen LogP contribution in [0.4, 0.5) is 0 Å². The maximum atomic E-state index is 13.7. The maximum Gasteiger partial charge on any atom is 0.240 e. The van der Waals surface area contributed by atoms with Crippen LogP contribution < -0.4 is 11.1 Å². The fourth-order valence-electron chi connectivity index (χ4n) is 6.06. The average molecular weight is 442 g/mol. The lowest BCUT2D eigenvalue weighted by molar-refractivity contribution is -0.143. The lowest BCUT2D eigenvalue weighted by atomic mass is 9.84. The monoisotopic (exact) mass is 441 g/mol. The van der Waals surface area contributed by atoms with Crippen molar-refractivity contribution < 1.29 is 9.59 Å². The standard InChI is InChI=1S/C27H43N3O2/c1-14-15(2)17(4)19(18(5)16(14)3)11-12-29-23(26(6,7)8)25(32)30-13-20-21(27(20,9)10)22(30)24(28)31/h20-23,29H,11-13H2,1-10H3,(H2,28,31)/t20?,21-,22-,23+/m0/s1. The van der Waals surface area contributed by atoms with Crippen LogP contribution in [-0.4, -0.2) is 41.9 Å². The van der Waals surface area contributed by atoms with Crippen molar-refractivity contribution in [3.63, 3.8) is 0 Å². The molecule has 0 spiro atoms. The largest absolute Gasteiger partial charge is 0.368 e. The van der Waals surface area contributed by atoms with Crippen molar-refractivity contribution in [2.75, 3.05) is 13.1 Å². The first-order chi connectivity index (χ1) is 14.6. The highest BCUT2D eigenvalue weighted by Crippen LogP contribution is 2.64. The highest BCUT2D eigenvalue weighted by molar-refractivity contribution is 5.91. The number of likely N-dealkylation sites (tertiary alicyclic amines) is 1. The zero-order chi connectivity index (χ0) is 24.3. The van der Waals surface area contributed by atoms with Crippen LogP contribution in [0.2, 0.25) is 0 Å². The fourth-order valence-corrected chi connectivity index (χ4v) is 6.06. The molecular weight excluding hydrogens is 398 g/mol. The van der Waals surface area contributed by atoms with Gasteiger partial charge in [-0.2, -0.15) is 0 Å². The van der Waals surface area contributed by atoms with Gasteiger partial charge in [0, 0.05) is 6.54 Å². The lowest BCUT2D eigenvalue weighted by Crippen LogP contribution is -2.58. The van der Waals surface area contributed by atoms with Crippen LogP contribution in [-0.2, 0) is 16.0 Å². The molecule has 5 heteroatoms. The van der Waals surface area contributed by atoms with E-state index >= 15 is 0 Å². The van der Waals surface area contributed by atoms with Gasteiger partial charge in [0.15, 0.2) is 0 Å². The van der Waals surface area contributed by atoms with Crippen LogP contribution >= 0.6 is 0 Å². The molecule has 1 saturated heterocycles. The molecule has 0 bridgehead atoms. The molecule has 5 nitrogen and oxygen atoms in total. The SMILES string of the molecule is Cc1c(C)c(C)c(CCN[C@H](C(=O)N2CC3[C@@H]([C@H]2C(N)=O)C3(C)C)C(C)(C)C)c(C)c1C. The predicted octanol–water partition coefficient (Wildman–Crippen LogP) is 3.74. The Morgan fingerprint density at radius 3 is 2.00 bits per heavy atom. The normalized spacial score (nSPS) is 24.9. The Morgan fingerprint density at radius 2 is 1.53 bits per heavy atom. The third-order valence-corrected chi connectivity index (χ3v) is 8.77. The van der Waals surface area contributed by atoms with Gasteiger partial charge in [0.05, 0.1) is 6.04 Å². The van der Waals surface area contributed by atoms with Crippen LogP contribution in [0.5, 0.6) is 0 Å². The first-order valence-electron chi connectivity index (χ1n) is 12.0. The zero-order valence-electron chi connectivity index (χ0n) is 21.8. The smallest absolute Gasteiger partial charge is 0.240 e. The summed E-state index contributed by atoms with van der Waals surface area (Å²) in [7, 11) is 0. The molecule has 2 fully saturated rings. The summed E-state index contributed by atoms with van der Waals surface area (Å²) >= 11 is 0. The minimum Gasteiger partial charge on any atom is -0.368 e. The second kappa shape index (κ2) is 8.16. The number of nitrogens with zero attached hydrogens (tertiary/aromatic N) is 1. The van der Waals surface area contributed by atoms with E-state index in [1.165, 1.54) is 33.4 Å². The Morgan fingerprint density at radius 1 is 1.03 bits per heavy atom. The number of hydrogen-bond donors (Lipinski definition) is 2. The summed E-state index contributed by atoms with van der Waals surface area (Å²) < 4.78 is 0. The van der Waals surface area contributed by atoms with Gasteiger partial charge in [0.1, 0.15) is 6.04 Å². The van der Waals surface area contributed by atoms with Crippen molar-refractivity contribution in [2.24, 2.45) is 28.4 Å². The van der Waals surface area contributed by atoms with Crippen molar-refractivity contribution >= 4 is 11.8 Å². The van der Waals surface area contributed by atoms with E-state index in [9.17, 15) is 9.59 Å². The van der Waals surface area contributed by atoms with Crippen LogP contribution in [0.3, 0.4) is 0 Å². The lowest BCUT2D eigenvalue weighted by Gasteiger charge is -2.37. The molecule has 2 aliphatic rings. The molecular formula is C27H43N3O2. The van der Waals surface area contributed by atoms with E-state index in [2.05, 4.69) is 74.6 Å². The number of benzene rings is 1. The van der Waals surface area contributed by atoms with Gasteiger partial charge < -0.3 is 16.0 Å². The molecule has 32 heavy (non-hydrogen) atoms. The molecule has 178 valence electrons. The van der Waals surface area contributed by atoms with Gasteiger partial charge in [-0.25, -0.2) is 0 Å². The number of carbonyl (C=O) groups is 2. The molecule has 3 rings (SSSR count). The molecule has 1 aliphatic heterocycles. The number of primary amides is 1. The number of fused-ring (bicyclic) bond motifs is 1. The van der Waals surface area contributed by atoms with Gasteiger partial charge in [-0.05, 0) is 104 Å². The van der Waals surface area contributed by atoms with Crippen molar-refractivity contribution in [2.45, 2.75) is 87.7 Å². The highest BCUT2D eigenvalue weighted by Gasteiger charge is 2.69. The van der Waals surface area contributed by atoms with Gasteiger partial charge in [-0.15, -0.1) is 0 Å². The molecule has 4 atom stereocenters. The van der Waals surface area contributed by atoms with E-state index in [0.29, 0.717) is 19.0 Å². The molecule has 2 amide bonds. The second-order valence-corrected chi connectivity index (χ2v) is 11.9. The maximum absolute atomic E-state index is 13.7. The van der Waals surface area contributed by atoms with Gasteiger partial charge in [0.2, 0.25) is 11.8 Å². The van der Waals surface area contributed by atoms with Crippen molar-refractivity contribution in [3.8, 4) is 0 Å². The number of carbonyl (C=O) groups excluding carboxylic acids is 2. The summed E-state index contributed by atoms with van der Waals surface area (Å²) in [5, 5.41) is 3.56. The van der Waals surface area contributed by atoms with Crippen LogP contribution in [0.15, 0.2) is 0 Å². The van der Waals surface area contributed by atoms with Crippen LogP contribution in [0.25, 0.3) is 0 Å². The summed E-state index contributed by atoms with van der Waals surface area (Å²) in [4.78, 5) is 27.7. The Bertz CT molecular complexity index is 912. The Hall–Kier alpha value is -1.88. The topological polar surface area (TPSA) is 75.4 Å². The number of amides is 2. The van der Waals surface area contributed by atoms with Gasteiger partial charge in [0.25, 0.3) is 0 Å². The number of nitrogens with one attached hydrogen (secondary N) is 1. The molecule has 0 aromatic heterocycles. The van der Waals surface area contributed by atoms with E-state index in [1.54, 1.807) is 4.90 Å². The van der Waals surface area contributed by atoms with Crippen LogP contribution in [0.1, 0.15) is 68.0 Å². The molecule has 1 aromatic rings. The third-order valence-electron chi connectivity index (χ3n) is 8.77. The zero-order valence-corrected chi connectivity index (χ0v) is 21.8. The minimum absolute atomic E-state index is 0.00834. The molecule has 3 N–H and O–H groups in total. The van der Waals surface area contributed by atoms with Gasteiger partial charge >= 0.3 is 0 Å². The summed E-state index contributed by atoms with van der Waals surface area (Å²) in [6.45, 7) is 22.9. The summed E-state index contributed by atoms with van der Waals surface area (Å²) in [6, 6.07) is -0.848. The van der Waals surface area contributed by atoms with E-state index in [1.807, 2.05) is 0 Å². The number of piperidine rings is 1. The van der Waals surface area contributed by atoms with E-state index in [4.69, 9.17) is 5.73 Å². The van der Waals surface area contributed by atoms with Crippen molar-refractivity contribution in [1.29, 1.82) is 0 Å². The molecule has 1 saturated carbocycles. The van der Waals surface area contributed by atoms with Gasteiger partial charge in [-0.3, -0.25) is 9.59 Å². The predicted molar refractivity (Wildman–Crippen MR) is 131 cm³/mol. The third kappa shape index (κ3) is 3.98. The molecule has 0 radical (unpaired) electrons. The number of hydrogen-bond acceptors (Lipinski definition) is 3. The molecule has 1 aliphatic carbocycles. The van der Waals surface area contributed by atoms with Gasteiger partial charge in [-0.1, -0.05) is 34.6 Å². The van der Waals surface area contributed by atoms with E-state index in [-0.39, 0.29) is 34.6 Å². The van der Waals surface area contributed by atoms with Crippen LogP contribution in [0, 0.1) is 57.3 Å². The fraction of sp³-hybridized carbons (Fsp3) is 0.704. The first kappa shape index (κ1) is 24.8.